The summed E-state index contributed by atoms with van der Waals surface area (Å²) >= 11 is 0. The minimum absolute atomic E-state index is 0.0958. The highest BCUT2D eigenvalue weighted by Crippen LogP contribution is 2.49. The highest BCUT2D eigenvalue weighted by molar-refractivity contribution is 6.12. The number of phenolic OH excluding ortho intramolecular Hbond substituents is 1. The summed E-state index contributed by atoms with van der Waals surface area (Å²) in [6.45, 7) is 0. The molecule has 0 amide bonds. The Bertz CT molecular complexity index is 1600. The number of benzene rings is 4. The lowest BCUT2D eigenvalue weighted by molar-refractivity contribution is -0.135. The van der Waals surface area contributed by atoms with Gasteiger partial charge in [0.2, 0.25) is 5.75 Å². The molecule has 1 atom stereocenters. The first-order chi connectivity index (χ1) is 16.6. The van der Waals surface area contributed by atoms with Crippen molar-refractivity contribution < 1.29 is 24.1 Å². The molecule has 6 rings (SSSR count). The Kier molecular flexibility index (Phi) is 4.52. The van der Waals surface area contributed by atoms with Gasteiger partial charge in [0.25, 0.3) is 0 Å². The van der Waals surface area contributed by atoms with Crippen LogP contribution in [0.15, 0.2) is 60.7 Å². The van der Waals surface area contributed by atoms with Crippen LogP contribution in [0.3, 0.4) is 0 Å². The van der Waals surface area contributed by atoms with Gasteiger partial charge in [0, 0.05) is 22.3 Å². The van der Waals surface area contributed by atoms with Crippen molar-refractivity contribution in [2.45, 2.75) is 12.3 Å². The Hall–Kier alpha value is -4.39. The van der Waals surface area contributed by atoms with Gasteiger partial charge >= 0.3 is 5.97 Å². The van der Waals surface area contributed by atoms with E-state index >= 15 is 0 Å². The van der Waals surface area contributed by atoms with Gasteiger partial charge in [-0.3, -0.25) is 4.79 Å². The zero-order valence-corrected chi connectivity index (χ0v) is 18.5. The number of carbonyl (C=O) groups is 1. The molecule has 1 aromatic heterocycles. The smallest absolute Gasteiger partial charge is 0.312 e. The lowest BCUT2D eigenvalue weighted by Crippen LogP contribution is -2.22. The summed E-state index contributed by atoms with van der Waals surface area (Å²) in [5.74, 6) is 0.165. The third-order valence-electron chi connectivity index (χ3n) is 6.34. The molecule has 34 heavy (non-hydrogen) atoms. The van der Waals surface area contributed by atoms with Gasteiger partial charge in [0.15, 0.2) is 11.5 Å². The molecule has 7 heteroatoms. The largest absolute Gasteiger partial charge is 0.502 e. The van der Waals surface area contributed by atoms with Crippen LogP contribution in [0.4, 0.5) is 0 Å². The number of esters is 1. The Morgan fingerprint density at radius 3 is 2.12 bits per heavy atom. The number of nitrogens with zero attached hydrogens (tertiary/aromatic N) is 2. The molecule has 0 bridgehead atoms. The normalized spacial score (nSPS) is 15.4. The number of aromatic hydroxyl groups is 1. The number of ether oxygens (including phenoxy) is 3. The molecule has 4 aromatic carbocycles. The fraction of sp³-hybridized carbons (Fsp3) is 0.148. The lowest BCUT2D eigenvalue weighted by atomic mass is 9.83. The van der Waals surface area contributed by atoms with Crippen molar-refractivity contribution in [3.05, 3.63) is 71.8 Å². The Labute approximate surface area is 194 Å². The monoisotopic (exact) mass is 452 g/mol. The number of para-hydroxylation sites is 2. The van der Waals surface area contributed by atoms with Crippen molar-refractivity contribution in [1.82, 2.24) is 9.97 Å². The maximum absolute atomic E-state index is 12.8. The number of rotatable bonds is 3. The molecule has 0 saturated heterocycles. The standard InChI is InChI=1S/C27H20N2O5/c1-32-20-11-14(12-21(33-2)26(20)31)17-13-22(30)34-27-16-8-4-3-7-15(16)24-25(23(17)27)29-19-10-6-5-9-18(19)28-24/h3-12,17,31H,13H2,1-2H3/t17-/m0/s1. The maximum atomic E-state index is 12.8. The third kappa shape index (κ3) is 2.94. The molecule has 1 N–H and O–H groups in total. The summed E-state index contributed by atoms with van der Waals surface area (Å²) in [7, 11) is 2.95. The number of hydrogen-bond acceptors (Lipinski definition) is 7. The van der Waals surface area contributed by atoms with Crippen LogP contribution < -0.4 is 14.2 Å². The Balaban J connectivity index is 1.75. The van der Waals surface area contributed by atoms with Crippen molar-refractivity contribution in [2.75, 3.05) is 14.2 Å². The van der Waals surface area contributed by atoms with Crippen molar-refractivity contribution in [3.63, 3.8) is 0 Å². The van der Waals surface area contributed by atoms with Crippen molar-refractivity contribution in [3.8, 4) is 23.0 Å². The number of fused-ring (bicyclic) bond motifs is 7. The van der Waals surface area contributed by atoms with Gasteiger partial charge in [0.1, 0.15) is 5.75 Å². The molecule has 1 aliphatic rings. The molecule has 5 aromatic rings. The van der Waals surface area contributed by atoms with Crippen LogP contribution in [-0.4, -0.2) is 35.3 Å². The molecule has 168 valence electrons. The number of hydrogen-bond donors (Lipinski definition) is 1. The highest BCUT2D eigenvalue weighted by atomic mass is 16.5. The highest BCUT2D eigenvalue weighted by Gasteiger charge is 2.34. The number of methoxy groups -OCH3 is 2. The van der Waals surface area contributed by atoms with Gasteiger partial charge in [-0.1, -0.05) is 36.4 Å². The molecule has 0 radical (unpaired) electrons. The summed E-state index contributed by atoms with van der Waals surface area (Å²) in [5.41, 5.74) is 4.49. The van der Waals surface area contributed by atoms with Crippen LogP contribution in [0.5, 0.6) is 23.0 Å². The second-order valence-corrected chi connectivity index (χ2v) is 8.20. The first kappa shape index (κ1) is 20.2. The van der Waals surface area contributed by atoms with Crippen molar-refractivity contribution >= 4 is 38.8 Å². The van der Waals surface area contributed by atoms with E-state index in [1.807, 2.05) is 48.5 Å². The first-order valence-corrected chi connectivity index (χ1v) is 10.9. The van der Waals surface area contributed by atoms with Gasteiger partial charge in [0.05, 0.1) is 42.7 Å². The summed E-state index contributed by atoms with van der Waals surface area (Å²) < 4.78 is 16.6. The summed E-state index contributed by atoms with van der Waals surface area (Å²) in [6, 6.07) is 18.9. The molecule has 0 saturated carbocycles. The molecule has 1 aliphatic heterocycles. The van der Waals surface area contributed by atoms with E-state index in [9.17, 15) is 9.90 Å². The quantitative estimate of drug-likeness (QED) is 0.176. The molecular weight excluding hydrogens is 432 g/mol. The van der Waals surface area contributed by atoms with E-state index in [0.717, 1.165) is 38.4 Å². The molecule has 0 aliphatic carbocycles. The molecular formula is C27H20N2O5. The van der Waals surface area contributed by atoms with Crippen LogP contribution in [0.2, 0.25) is 0 Å². The predicted molar refractivity (Wildman–Crippen MR) is 128 cm³/mol. The average Bonchev–Trinajstić information content (AvgIpc) is 2.87. The zero-order valence-electron chi connectivity index (χ0n) is 18.5. The lowest BCUT2D eigenvalue weighted by Gasteiger charge is -2.28. The maximum Gasteiger partial charge on any atom is 0.312 e. The van der Waals surface area contributed by atoms with E-state index < -0.39 is 5.92 Å². The summed E-state index contributed by atoms with van der Waals surface area (Å²) in [5, 5.41) is 12.1. The number of phenols is 1. The average molecular weight is 452 g/mol. The van der Waals surface area contributed by atoms with Crippen LogP contribution in [-0.2, 0) is 4.79 Å². The van der Waals surface area contributed by atoms with Gasteiger partial charge in [-0.25, -0.2) is 9.97 Å². The van der Waals surface area contributed by atoms with Gasteiger partial charge in [-0.2, -0.15) is 0 Å². The molecule has 0 fully saturated rings. The van der Waals surface area contributed by atoms with Gasteiger partial charge in [-0.05, 0) is 29.8 Å². The fourth-order valence-corrected chi connectivity index (χ4v) is 4.77. The van der Waals surface area contributed by atoms with Crippen molar-refractivity contribution in [1.29, 1.82) is 0 Å². The minimum Gasteiger partial charge on any atom is -0.502 e. The van der Waals surface area contributed by atoms with Crippen LogP contribution in [0.25, 0.3) is 32.8 Å². The first-order valence-electron chi connectivity index (χ1n) is 10.9. The Morgan fingerprint density at radius 2 is 1.47 bits per heavy atom. The Morgan fingerprint density at radius 1 is 0.882 bits per heavy atom. The minimum atomic E-state index is -0.401. The topological polar surface area (TPSA) is 90.8 Å². The van der Waals surface area contributed by atoms with Crippen LogP contribution >= 0.6 is 0 Å². The summed E-state index contributed by atoms with van der Waals surface area (Å²) in [6.07, 6.45) is 0.103. The van der Waals surface area contributed by atoms with Crippen LogP contribution in [0, 0.1) is 0 Å². The SMILES string of the molecule is COc1cc([C@@H]2CC(=O)Oc3c2c2nc4ccccc4nc2c2ccccc32)cc(OC)c1O. The van der Waals surface area contributed by atoms with E-state index in [1.165, 1.54) is 14.2 Å². The second-order valence-electron chi connectivity index (χ2n) is 8.20. The van der Waals surface area contributed by atoms with Gasteiger partial charge in [-0.15, -0.1) is 0 Å². The van der Waals surface area contributed by atoms with Crippen molar-refractivity contribution in [2.24, 2.45) is 0 Å². The van der Waals surface area contributed by atoms with E-state index in [0.29, 0.717) is 11.3 Å². The van der Waals surface area contributed by atoms with E-state index in [4.69, 9.17) is 24.2 Å². The zero-order chi connectivity index (χ0) is 23.4. The third-order valence-corrected chi connectivity index (χ3v) is 6.34. The summed E-state index contributed by atoms with van der Waals surface area (Å²) in [4.78, 5) is 22.7. The molecule has 2 heterocycles. The van der Waals surface area contributed by atoms with Gasteiger partial charge < -0.3 is 19.3 Å². The molecule has 0 spiro atoms. The molecule has 7 nitrogen and oxygen atoms in total. The molecule has 0 unspecified atom stereocenters. The second kappa shape index (κ2) is 7.59. The van der Waals surface area contributed by atoms with E-state index in [2.05, 4.69) is 0 Å². The number of carbonyl (C=O) groups excluding carboxylic acids is 1. The van der Waals surface area contributed by atoms with E-state index in [-0.39, 0.29) is 29.6 Å². The van der Waals surface area contributed by atoms with Crippen LogP contribution in [0.1, 0.15) is 23.5 Å². The number of aromatic nitrogens is 2. The fourth-order valence-electron chi connectivity index (χ4n) is 4.77. The van der Waals surface area contributed by atoms with E-state index in [1.54, 1.807) is 12.1 Å². The predicted octanol–water partition coefficient (Wildman–Crippen LogP) is 5.10.